The van der Waals surface area contributed by atoms with Crippen LogP contribution < -0.4 is 5.32 Å². The van der Waals surface area contributed by atoms with Gasteiger partial charge >= 0.3 is 0 Å². The van der Waals surface area contributed by atoms with Crippen molar-refractivity contribution in [1.82, 2.24) is 10.3 Å². The minimum atomic E-state index is -0.367. The highest BCUT2D eigenvalue weighted by atomic mass is 32.1. The number of nitrogens with zero attached hydrogens (tertiary/aromatic N) is 1. The Hall–Kier alpha value is -2.40. The molecule has 5 heteroatoms. The van der Waals surface area contributed by atoms with Gasteiger partial charge in [0.25, 0.3) is 0 Å². The van der Waals surface area contributed by atoms with Crippen molar-refractivity contribution >= 4 is 28.1 Å². The second-order valence-corrected chi connectivity index (χ2v) is 5.71. The molecule has 0 aliphatic carbocycles. The van der Waals surface area contributed by atoms with Gasteiger partial charge in [-0.1, -0.05) is 24.3 Å². The third kappa shape index (κ3) is 2.60. The molecule has 1 atom stereocenters. The summed E-state index contributed by atoms with van der Waals surface area (Å²) < 4.78 is 0. The number of rotatable bonds is 3. The molecule has 2 N–H and O–H groups in total. The Balaban J connectivity index is 2.15. The van der Waals surface area contributed by atoms with Gasteiger partial charge in [-0.15, -0.1) is 11.3 Å². The monoisotopic (exact) mass is 298 g/mol. The van der Waals surface area contributed by atoms with E-state index >= 15 is 0 Å². The average molecular weight is 298 g/mol. The van der Waals surface area contributed by atoms with Crippen molar-refractivity contribution in [2.24, 2.45) is 0 Å². The number of phenolic OH excluding ortho intramolecular Hbond substituents is 1. The largest absolute Gasteiger partial charge is 0.505 e. The number of carbonyl (C=O) groups excluding carboxylic acids is 1. The molecule has 0 aliphatic rings. The van der Waals surface area contributed by atoms with E-state index in [-0.39, 0.29) is 17.7 Å². The first kappa shape index (κ1) is 13.6. The molecule has 0 saturated heterocycles. The number of hydrogen-bond donors (Lipinski definition) is 2. The zero-order valence-corrected chi connectivity index (χ0v) is 12.2. The SMILES string of the molecule is CC(=O)N[C@@H](c1cccs1)c1ccc2cccnc2c1O. The summed E-state index contributed by atoms with van der Waals surface area (Å²) in [6.07, 6.45) is 1.64. The second-order valence-electron chi connectivity index (χ2n) is 4.73. The molecule has 0 spiro atoms. The highest BCUT2D eigenvalue weighted by Crippen LogP contribution is 2.35. The Bertz CT molecular complexity index is 784. The molecule has 3 aromatic rings. The highest BCUT2D eigenvalue weighted by molar-refractivity contribution is 7.10. The second kappa shape index (κ2) is 5.54. The van der Waals surface area contributed by atoms with Crippen LogP contribution in [-0.4, -0.2) is 16.0 Å². The highest BCUT2D eigenvalue weighted by Gasteiger charge is 2.21. The van der Waals surface area contributed by atoms with Gasteiger partial charge in [0.15, 0.2) is 0 Å². The van der Waals surface area contributed by atoms with E-state index in [1.54, 1.807) is 6.20 Å². The first-order chi connectivity index (χ1) is 10.2. The van der Waals surface area contributed by atoms with Crippen LogP contribution in [0.1, 0.15) is 23.4 Å². The molecule has 2 heterocycles. The Kier molecular flexibility index (Phi) is 3.58. The summed E-state index contributed by atoms with van der Waals surface area (Å²) in [5.41, 5.74) is 1.20. The van der Waals surface area contributed by atoms with E-state index in [4.69, 9.17) is 0 Å². The average Bonchev–Trinajstić information content (AvgIpc) is 3.00. The number of aromatic hydroxyl groups is 1. The first-order valence-corrected chi connectivity index (χ1v) is 7.42. The lowest BCUT2D eigenvalue weighted by Crippen LogP contribution is -2.26. The van der Waals surface area contributed by atoms with Gasteiger partial charge in [0, 0.05) is 28.9 Å². The number of pyridine rings is 1. The van der Waals surface area contributed by atoms with Crippen molar-refractivity contribution in [2.45, 2.75) is 13.0 Å². The summed E-state index contributed by atoms with van der Waals surface area (Å²) >= 11 is 1.54. The number of phenols is 1. The van der Waals surface area contributed by atoms with Crippen LogP contribution in [0.5, 0.6) is 5.75 Å². The van der Waals surface area contributed by atoms with Crippen molar-refractivity contribution in [3.8, 4) is 5.75 Å². The molecule has 4 nitrogen and oxygen atoms in total. The topological polar surface area (TPSA) is 62.2 Å². The summed E-state index contributed by atoms with van der Waals surface area (Å²) in [5.74, 6) is -0.0332. The third-order valence-electron chi connectivity index (χ3n) is 3.27. The number of thiophene rings is 1. The maximum atomic E-state index is 11.5. The summed E-state index contributed by atoms with van der Waals surface area (Å²) in [5, 5.41) is 16.2. The number of hydrogen-bond acceptors (Lipinski definition) is 4. The Morgan fingerprint density at radius 3 is 2.86 bits per heavy atom. The number of benzene rings is 1. The van der Waals surface area contributed by atoms with Crippen LogP contribution in [0, 0.1) is 0 Å². The maximum absolute atomic E-state index is 11.5. The molecule has 0 saturated carbocycles. The normalized spacial score (nSPS) is 12.2. The molecule has 21 heavy (non-hydrogen) atoms. The molecule has 0 radical (unpaired) electrons. The predicted molar refractivity (Wildman–Crippen MR) is 83.4 cm³/mol. The van der Waals surface area contributed by atoms with Crippen LogP contribution in [0.4, 0.5) is 0 Å². The fraction of sp³-hybridized carbons (Fsp3) is 0.125. The summed E-state index contributed by atoms with van der Waals surface area (Å²) in [6, 6.07) is 10.9. The number of carbonyl (C=O) groups is 1. The van der Waals surface area contributed by atoms with Gasteiger partial charge in [-0.3, -0.25) is 9.78 Å². The van der Waals surface area contributed by atoms with Crippen LogP contribution in [0.2, 0.25) is 0 Å². The fourth-order valence-corrected chi connectivity index (χ4v) is 3.13. The van der Waals surface area contributed by atoms with Crippen LogP contribution in [0.3, 0.4) is 0 Å². The van der Waals surface area contributed by atoms with E-state index in [9.17, 15) is 9.90 Å². The minimum absolute atomic E-state index is 0.111. The smallest absolute Gasteiger partial charge is 0.217 e. The van der Waals surface area contributed by atoms with Crippen molar-refractivity contribution < 1.29 is 9.90 Å². The lowest BCUT2D eigenvalue weighted by Gasteiger charge is -2.19. The van der Waals surface area contributed by atoms with Crippen LogP contribution in [0.15, 0.2) is 48.0 Å². The lowest BCUT2D eigenvalue weighted by molar-refractivity contribution is -0.119. The zero-order chi connectivity index (χ0) is 14.8. The Labute approximate surface area is 126 Å². The van der Waals surface area contributed by atoms with Gasteiger partial charge in [0.1, 0.15) is 11.3 Å². The van der Waals surface area contributed by atoms with E-state index in [1.807, 2.05) is 41.8 Å². The molecular weight excluding hydrogens is 284 g/mol. The number of amides is 1. The molecule has 2 aromatic heterocycles. The standard InChI is InChI=1S/C16H14N2O2S/c1-10(19)18-15(13-5-3-9-21-13)12-7-6-11-4-2-8-17-14(11)16(12)20/h2-9,15,20H,1H3,(H,18,19)/t15-/m1/s1. The molecular formula is C16H14N2O2S. The van der Waals surface area contributed by atoms with Gasteiger partial charge < -0.3 is 10.4 Å². The predicted octanol–water partition coefficient (Wildman–Crippen LogP) is 3.23. The van der Waals surface area contributed by atoms with Gasteiger partial charge in [-0.2, -0.15) is 0 Å². The summed E-state index contributed by atoms with van der Waals surface area (Å²) in [7, 11) is 0. The Morgan fingerprint density at radius 1 is 1.29 bits per heavy atom. The van der Waals surface area contributed by atoms with Crippen molar-refractivity contribution in [3.63, 3.8) is 0 Å². The van der Waals surface area contributed by atoms with Crippen LogP contribution >= 0.6 is 11.3 Å². The zero-order valence-electron chi connectivity index (χ0n) is 11.4. The van der Waals surface area contributed by atoms with Gasteiger partial charge in [-0.05, 0) is 17.5 Å². The van der Waals surface area contributed by atoms with E-state index in [0.717, 1.165) is 10.3 Å². The van der Waals surface area contributed by atoms with Crippen LogP contribution in [0.25, 0.3) is 10.9 Å². The molecule has 0 fully saturated rings. The molecule has 0 aliphatic heterocycles. The molecule has 1 amide bonds. The van der Waals surface area contributed by atoms with E-state index in [2.05, 4.69) is 10.3 Å². The van der Waals surface area contributed by atoms with Crippen molar-refractivity contribution in [3.05, 3.63) is 58.4 Å². The van der Waals surface area contributed by atoms with Crippen molar-refractivity contribution in [2.75, 3.05) is 0 Å². The van der Waals surface area contributed by atoms with Gasteiger partial charge in [0.05, 0.1) is 6.04 Å². The third-order valence-corrected chi connectivity index (χ3v) is 4.20. The molecule has 0 unspecified atom stereocenters. The minimum Gasteiger partial charge on any atom is -0.505 e. The lowest BCUT2D eigenvalue weighted by atomic mass is 10.0. The summed E-state index contributed by atoms with van der Waals surface area (Å²) in [4.78, 5) is 16.7. The molecule has 106 valence electrons. The Morgan fingerprint density at radius 2 is 2.14 bits per heavy atom. The van der Waals surface area contributed by atoms with Crippen LogP contribution in [-0.2, 0) is 4.79 Å². The maximum Gasteiger partial charge on any atom is 0.217 e. The molecule has 1 aromatic carbocycles. The van der Waals surface area contributed by atoms with E-state index < -0.39 is 0 Å². The first-order valence-electron chi connectivity index (χ1n) is 6.54. The summed E-state index contributed by atoms with van der Waals surface area (Å²) in [6.45, 7) is 1.47. The van der Waals surface area contributed by atoms with E-state index in [0.29, 0.717) is 11.1 Å². The molecule has 0 bridgehead atoms. The quantitative estimate of drug-likeness (QED) is 0.780. The fourth-order valence-electron chi connectivity index (χ4n) is 2.34. The van der Waals surface area contributed by atoms with E-state index in [1.165, 1.54) is 18.3 Å². The van der Waals surface area contributed by atoms with Crippen molar-refractivity contribution in [1.29, 1.82) is 0 Å². The van der Waals surface area contributed by atoms with Gasteiger partial charge in [-0.25, -0.2) is 0 Å². The number of nitrogens with one attached hydrogen (secondary N) is 1. The molecule has 3 rings (SSSR count). The van der Waals surface area contributed by atoms with Gasteiger partial charge in [0.2, 0.25) is 5.91 Å². The number of aromatic nitrogens is 1. The number of fused-ring (bicyclic) bond motifs is 1.